The van der Waals surface area contributed by atoms with Gasteiger partial charge in [0.25, 0.3) is 11.8 Å². The monoisotopic (exact) mass is 440 g/mol. The van der Waals surface area contributed by atoms with Crippen molar-refractivity contribution in [2.45, 2.75) is 44.6 Å². The highest BCUT2D eigenvalue weighted by Gasteiger charge is 2.20. The van der Waals surface area contributed by atoms with Gasteiger partial charge in [0.05, 0.1) is 17.7 Å². The van der Waals surface area contributed by atoms with Crippen LogP contribution in [0.1, 0.15) is 59.2 Å². The quantitative estimate of drug-likeness (QED) is 0.458. The summed E-state index contributed by atoms with van der Waals surface area (Å²) in [7, 11) is 0. The highest BCUT2D eigenvalue weighted by molar-refractivity contribution is 6.04. The van der Waals surface area contributed by atoms with E-state index in [0.717, 1.165) is 25.7 Å². The highest BCUT2D eigenvalue weighted by atomic mass is 19.1. The topological polar surface area (TPSA) is 102 Å². The van der Waals surface area contributed by atoms with Crippen molar-refractivity contribution >= 4 is 29.3 Å². The first kappa shape index (κ1) is 23.1. The van der Waals surface area contributed by atoms with E-state index < -0.39 is 24.3 Å². The molecule has 3 rings (SSSR count). The third-order valence-electron chi connectivity index (χ3n) is 5.22. The van der Waals surface area contributed by atoms with E-state index in [-0.39, 0.29) is 30.6 Å². The third kappa shape index (κ3) is 6.73. The number of benzene rings is 2. The van der Waals surface area contributed by atoms with Gasteiger partial charge in [0.2, 0.25) is 0 Å². The number of Topliss-reactive ketones (excluding diaryl/α,β-unsaturated/α-hetero) is 1. The first-order chi connectivity index (χ1) is 15.4. The Labute approximate surface area is 185 Å². The van der Waals surface area contributed by atoms with E-state index in [9.17, 15) is 23.6 Å². The van der Waals surface area contributed by atoms with Gasteiger partial charge >= 0.3 is 5.97 Å². The van der Waals surface area contributed by atoms with Crippen molar-refractivity contribution in [3.63, 3.8) is 0 Å². The number of esters is 1. The molecule has 0 aromatic heterocycles. The van der Waals surface area contributed by atoms with Crippen LogP contribution in [0.4, 0.5) is 10.1 Å². The summed E-state index contributed by atoms with van der Waals surface area (Å²) < 4.78 is 17.8. The zero-order chi connectivity index (χ0) is 22.9. The molecule has 1 aliphatic rings. The second-order valence-corrected chi connectivity index (χ2v) is 7.64. The number of carbonyl (C=O) groups excluding carboxylic acids is 4. The number of ether oxygens (including phenoxy) is 1. The van der Waals surface area contributed by atoms with Gasteiger partial charge in [-0.1, -0.05) is 25.0 Å². The summed E-state index contributed by atoms with van der Waals surface area (Å²) >= 11 is 0. The molecule has 1 aliphatic carbocycles. The summed E-state index contributed by atoms with van der Waals surface area (Å²) in [5, 5.41) is 5.56. The molecule has 0 bridgehead atoms. The minimum Gasteiger partial charge on any atom is -0.456 e. The Kier molecular flexibility index (Phi) is 8.08. The average molecular weight is 440 g/mol. The largest absolute Gasteiger partial charge is 0.456 e. The van der Waals surface area contributed by atoms with Gasteiger partial charge in [0, 0.05) is 18.0 Å². The average Bonchev–Trinajstić information content (AvgIpc) is 3.30. The lowest BCUT2D eigenvalue weighted by molar-refractivity contribution is -0.147. The van der Waals surface area contributed by atoms with E-state index in [1.807, 2.05) is 0 Å². The maximum absolute atomic E-state index is 12.9. The van der Waals surface area contributed by atoms with Crippen molar-refractivity contribution in [1.82, 2.24) is 5.32 Å². The van der Waals surface area contributed by atoms with Crippen molar-refractivity contribution in [2.75, 3.05) is 11.9 Å². The Bertz CT molecular complexity index is 984. The Morgan fingerprint density at radius 2 is 1.62 bits per heavy atom. The highest BCUT2D eigenvalue weighted by Crippen LogP contribution is 2.20. The molecule has 0 heterocycles. The normalized spacial score (nSPS) is 13.4. The number of para-hydroxylation sites is 1. The number of nitrogens with one attached hydrogen (secondary N) is 2. The fourth-order valence-electron chi connectivity index (χ4n) is 3.52. The molecule has 0 aliphatic heterocycles. The first-order valence-electron chi connectivity index (χ1n) is 10.6. The van der Waals surface area contributed by atoms with Crippen LogP contribution in [0.5, 0.6) is 0 Å². The standard InChI is InChI=1S/C24H25FN2O5/c25-17-11-9-16(10-12-17)21(28)13-14-23(30)32-15-22(29)27-20-8-4-3-7-19(20)24(31)26-18-5-1-2-6-18/h3-4,7-12,18H,1-2,5-6,13-15H2,(H,26,31)(H,27,29). The zero-order valence-electron chi connectivity index (χ0n) is 17.6. The lowest BCUT2D eigenvalue weighted by Gasteiger charge is -2.15. The van der Waals surface area contributed by atoms with Crippen LogP contribution >= 0.6 is 0 Å². The van der Waals surface area contributed by atoms with Gasteiger partial charge in [0.1, 0.15) is 5.82 Å². The van der Waals surface area contributed by atoms with Crippen molar-refractivity contribution < 1.29 is 28.3 Å². The molecule has 0 saturated heterocycles. The van der Waals surface area contributed by atoms with E-state index in [1.54, 1.807) is 24.3 Å². The Morgan fingerprint density at radius 3 is 2.34 bits per heavy atom. The van der Waals surface area contributed by atoms with E-state index >= 15 is 0 Å². The van der Waals surface area contributed by atoms with Crippen LogP contribution in [0, 0.1) is 5.82 Å². The molecule has 1 saturated carbocycles. The van der Waals surface area contributed by atoms with Crippen LogP contribution < -0.4 is 10.6 Å². The number of ketones is 1. The number of hydrogen-bond acceptors (Lipinski definition) is 5. The molecule has 2 N–H and O–H groups in total. The second kappa shape index (κ2) is 11.2. The van der Waals surface area contributed by atoms with Gasteiger partial charge < -0.3 is 15.4 Å². The Hall–Kier alpha value is -3.55. The lowest BCUT2D eigenvalue weighted by Crippen LogP contribution is -2.33. The Morgan fingerprint density at radius 1 is 0.938 bits per heavy atom. The molecule has 2 amide bonds. The van der Waals surface area contributed by atoms with E-state index in [1.165, 1.54) is 24.3 Å². The molecule has 2 aromatic carbocycles. The van der Waals surface area contributed by atoms with Crippen molar-refractivity contribution in [3.8, 4) is 0 Å². The van der Waals surface area contributed by atoms with Crippen LogP contribution in [0.3, 0.4) is 0 Å². The van der Waals surface area contributed by atoms with Gasteiger partial charge in [-0.2, -0.15) is 0 Å². The fraction of sp³-hybridized carbons (Fsp3) is 0.333. The summed E-state index contributed by atoms with van der Waals surface area (Å²) in [6.07, 6.45) is 3.74. The van der Waals surface area contributed by atoms with Crippen molar-refractivity contribution in [3.05, 3.63) is 65.5 Å². The van der Waals surface area contributed by atoms with Crippen molar-refractivity contribution in [2.24, 2.45) is 0 Å². The molecule has 32 heavy (non-hydrogen) atoms. The van der Waals surface area contributed by atoms with Crippen LogP contribution in [0.25, 0.3) is 0 Å². The molecule has 0 radical (unpaired) electrons. The number of amides is 2. The summed E-state index contributed by atoms with van der Waals surface area (Å²) in [5.74, 6) is -2.34. The fourth-order valence-corrected chi connectivity index (χ4v) is 3.52. The van der Waals surface area contributed by atoms with E-state index in [0.29, 0.717) is 16.8 Å². The van der Waals surface area contributed by atoms with Crippen LogP contribution in [-0.4, -0.2) is 36.2 Å². The lowest BCUT2D eigenvalue weighted by atomic mass is 10.1. The van der Waals surface area contributed by atoms with Gasteiger partial charge in [-0.25, -0.2) is 4.39 Å². The number of rotatable bonds is 9. The molecule has 8 heteroatoms. The first-order valence-corrected chi connectivity index (χ1v) is 10.6. The minimum absolute atomic E-state index is 0.115. The molecule has 1 fully saturated rings. The predicted molar refractivity (Wildman–Crippen MR) is 116 cm³/mol. The van der Waals surface area contributed by atoms with Gasteiger partial charge in [0.15, 0.2) is 12.4 Å². The van der Waals surface area contributed by atoms with Gasteiger partial charge in [-0.15, -0.1) is 0 Å². The molecule has 168 valence electrons. The van der Waals surface area contributed by atoms with E-state index in [2.05, 4.69) is 10.6 Å². The Balaban J connectivity index is 1.45. The number of carbonyl (C=O) groups is 4. The van der Waals surface area contributed by atoms with Crippen molar-refractivity contribution in [1.29, 1.82) is 0 Å². The summed E-state index contributed by atoms with van der Waals surface area (Å²) in [6.45, 7) is -0.540. The third-order valence-corrected chi connectivity index (χ3v) is 5.22. The number of halogens is 1. The SMILES string of the molecule is O=C(COC(=O)CCC(=O)c1ccc(F)cc1)Nc1ccccc1C(=O)NC1CCCC1. The predicted octanol–water partition coefficient (Wildman–Crippen LogP) is 3.64. The van der Waals surface area contributed by atoms with E-state index in [4.69, 9.17) is 4.74 Å². The summed E-state index contributed by atoms with van der Waals surface area (Å²) in [5.41, 5.74) is 0.962. The van der Waals surface area contributed by atoms with Gasteiger partial charge in [-0.3, -0.25) is 19.2 Å². The maximum Gasteiger partial charge on any atom is 0.306 e. The van der Waals surface area contributed by atoms with Gasteiger partial charge in [-0.05, 0) is 49.2 Å². The maximum atomic E-state index is 12.9. The zero-order valence-corrected chi connectivity index (χ0v) is 17.6. The molecular formula is C24H25FN2O5. The van der Waals surface area contributed by atoms with Crippen LogP contribution in [-0.2, 0) is 14.3 Å². The number of hydrogen-bond donors (Lipinski definition) is 2. The molecular weight excluding hydrogens is 415 g/mol. The van der Waals surface area contributed by atoms with Crippen LogP contribution in [0.15, 0.2) is 48.5 Å². The molecule has 2 aromatic rings. The van der Waals surface area contributed by atoms with Crippen LogP contribution in [0.2, 0.25) is 0 Å². The molecule has 7 nitrogen and oxygen atoms in total. The minimum atomic E-state index is -0.706. The summed E-state index contributed by atoms with van der Waals surface area (Å²) in [4.78, 5) is 48.7. The number of anilines is 1. The second-order valence-electron chi connectivity index (χ2n) is 7.64. The molecule has 0 atom stereocenters. The molecule has 0 spiro atoms. The molecule has 0 unspecified atom stereocenters. The smallest absolute Gasteiger partial charge is 0.306 e. The summed E-state index contributed by atoms with van der Waals surface area (Å²) in [6, 6.07) is 11.8.